The summed E-state index contributed by atoms with van der Waals surface area (Å²) in [7, 11) is 0. The third-order valence-corrected chi connectivity index (χ3v) is 4.51. The molecule has 1 aliphatic heterocycles. The maximum absolute atomic E-state index is 12.7. The smallest absolute Gasteiger partial charge is 0.407 e. The predicted molar refractivity (Wildman–Crippen MR) is 102 cm³/mol. The van der Waals surface area contributed by atoms with E-state index in [2.05, 4.69) is 16.7 Å². The molecule has 0 radical (unpaired) electrons. The fourth-order valence-corrected chi connectivity index (χ4v) is 3.14. The van der Waals surface area contributed by atoms with Gasteiger partial charge in [-0.25, -0.2) is 4.79 Å². The van der Waals surface area contributed by atoms with Crippen molar-refractivity contribution < 1.29 is 19.1 Å². The number of nitrogens with zero attached hydrogens (tertiary/aromatic N) is 2. The SMILES string of the molecule is CC(=O)NC(CCCNC(=O)OCc1ccccc1)C(=O)N1CCCC1C#N. The second kappa shape index (κ2) is 10.9. The summed E-state index contributed by atoms with van der Waals surface area (Å²) in [6, 6.07) is 10.3. The van der Waals surface area contributed by atoms with Crippen LogP contribution in [0.15, 0.2) is 30.3 Å². The van der Waals surface area contributed by atoms with Gasteiger partial charge in [0.2, 0.25) is 11.8 Å². The van der Waals surface area contributed by atoms with E-state index >= 15 is 0 Å². The van der Waals surface area contributed by atoms with Gasteiger partial charge >= 0.3 is 6.09 Å². The van der Waals surface area contributed by atoms with E-state index in [1.807, 2.05) is 30.3 Å². The van der Waals surface area contributed by atoms with Crippen molar-refractivity contribution in [3.63, 3.8) is 0 Å². The highest BCUT2D eigenvalue weighted by molar-refractivity contribution is 5.87. The van der Waals surface area contributed by atoms with E-state index in [4.69, 9.17) is 10.00 Å². The molecule has 1 heterocycles. The quantitative estimate of drug-likeness (QED) is 0.661. The van der Waals surface area contributed by atoms with Crippen molar-refractivity contribution in [2.45, 2.75) is 51.3 Å². The summed E-state index contributed by atoms with van der Waals surface area (Å²) in [6.07, 6.45) is 1.76. The predicted octanol–water partition coefficient (Wildman–Crippen LogP) is 1.71. The number of hydrogen-bond acceptors (Lipinski definition) is 5. The molecule has 2 atom stereocenters. The molecule has 1 aromatic carbocycles. The van der Waals surface area contributed by atoms with E-state index in [1.165, 1.54) is 11.8 Å². The normalized spacial score (nSPS) is 16.7. The maximum Gasteiger partial charge on any atom is 0.407 e. The average molecular weight is 386 g/mol. The highest BCUT2D eigenvalue weighted by Crippen LogP contribution is 2.18. The molecule has 0 saturated carbocycles. The minimum Gasteiger partial charge on any atom is -0.445 e. The number of carbonyl (C=O) groups is 3. The van der Waals surface area contributed by atoms with Crippen LogP contribution in [0.2, 0.25) is 0 Å². The number of nitriles is 1. The van der Waals surface area contributed by atoms with Crippen LogP contribution >= 0.6 is 0 Å². The molecule has 150 valence electrons. The summed E-state index contributed by atoms with van der Waals surface area (Å²) in [5.74, 6) is -0.549. The molecule has 1 aromatic rings. The number of ether oxygens (including phenoxy) is 1. The Morgan fingerprint density at radius 1 is 1.32 bits per heavy atom. The zero-order valence-electron chi connectivity index (χ0n) is 16.0. The fourth-order valence-electron chi connectivity index (χ4n) is 3.14. The molecule has 2 N–H and O–H groups in total. The summed E-state index contributed by atoms with van der Waals surface area (Å²) in [6.45, 7) is 2.38. The van der Waals surface area contributed by atoms with Gasteiger partial charge in [-0.15, -0.1) is 0 Å². The van der Waals surface area contributed by atoms with Crippen LogP contribution in [0.3, 0.4) is 0 Å². The molecule has 28 heavy (non-hydrogen) atoms. The number of amides is 3. The van der Waals surface area contributed by atoms with E-state index in [0.717, 1.165) is 12.0 Å². The lowest BCUT2D eigenvalue weighted by molar-refractivity contribution is -0.136. The molecule has 2 unspecified atom stereocenters. The van der Waals surface area contributed by atoms with E-state index < -0.39 is 18.2 Å². The van der Waals surface area contributed by atoms with Gasteiger partial charge in [0.1, 0.15) is 18.7 Å². The summed E-state index contributed by atoms with van der Waals surface area (Å²) < 4.78 is 5.13. The molecule has 0 aromatic heterocycles. The van der Waals surface area contributed by atoms with Crippen molar-refractivity contribution in [2.24, 2.45) is 0 Å². The minimum atomic E-state index is -0.700. The van der Waals surface area contributed by atoms with E-state index in [-0.39, 0.29) is 18.4 Å². The lowest BCUT2D eigenvalue weighted by atomic mass is 10.1. The number of alkyl carbamates (subject to hydrolysis) is 1. The van der Waals surface area contributed by atoms with Crippen molar-refractivity contribution in [2.75, 3.05) is 13.1 Å². The highest BCUT2D eigenvalue weighted by Gasteiger charge is 2.33. The van der Waals surface area contributed by atoms with Crippen molar-refractivity contribution in [3.8, 4) is 6.07 Å². The Morgan fingerprint density at radius 3 is 2.75 bits per heavy atom. The average Bonchev–Trinajstić information content (AvgIpc) is 3.17. The summed E-state index contributed by atoms with van der Waals surface area (Å²) >= 11 is 0. The van der Waals surface area contributed by atoms with Crippen molar-refractivity contribution in [1.29, 1.82) is 5.26 Å². The number of benzene rings is 1. The van der Waals surface area contributed by atoms with Crippen LogP contribution in [-0.4, -0.2) is 48.0 Å². The van der Waals surface area contributed by atoms with E-state index in [1.54, 1.807) is 0 Å². The van der Waals surface area contributed by atoms with Gasteiger partial charge in [-0.05, 0) is 31.2 Å². The summed E-state index contributed by atoms with van der Waals surface area (Å²) in [5.41, 5.74) is 0.895. The van der Waals surface area contributed by atoms with Crippen molar-refractivity contribution in [1.82, 2.24) is 15.5 Å². The zero-order valence-corrected chi connectivity index (χ0v) is 16.0. The number of hydrogen-bond donors (Lipinski definition) is 2. The van der Waals surface area contributed by atoms with Crippen molar-refractivity contribution in [3.05, 3.63) is 35.9 Å². The van der Waals surface area contributed by atoms with Crippen LogP contribution in [0, 0.1) is 11.3 Å². The Kier molecular flexibility index (Phi) is 8.28. The van der Waals surface area contributed by atoms with Gasteiger partial charge in [-0.3, -0.25) is 9.59 Å². The Morgan fingerprint density at radius 2 is 2.07 bits per heavy atom. The fraction of sp³-hybridized carbons (Fsp3) is 0.500. The maximum atomic E-state index is 12.7. The first-order valence-electron chi connectivity index (χ1n) is 9.43. The molecule has 1 aliphatic rings. The van der Waals surface area contributed by atoms with Crippen LogP contribution in [0.25, 0.3) is 0 Å². The molecule has 0 aliphatic carbocycles. The monoisotopic (exact) mass is 386 g/mol. The van der Waals surface area contributed by atoms with E-state index in [9.17, 15) is 14.4 Å². The number of rotatable bonds is 8. The van der Waals surface area contributed by atoms with Gasteiger partial charge in [0.25, 0.3) is 0 Å². The van der Waals surface area contributed by atoms with E-state index in [0.29, 0.717) is 32.4 Å². The molecular formula is C20H26N4O4. The van der Waals surface area contributed by atoms with Crippen molar-refractivity contribution >= 4 is 17.9 Å². The van der Waals surface area contributed by atoms with Gasteiger partial charge in [-0.2, -0.15) is 5.26 Å². The third-order valence-electron chi connectivity index (χ3n) is 4.51. The lowest BCUT2D eigenvalue weighted by Crippen LogP contribution is -2.49. The molecule has 8 heteroatoms. The second-order valence-electron chi connectivity index (χ2n) is 6.70. The highest BCUT2D eigenvalue weighted by atomic mass is 16.5. The summed E-state index contributed by atoms with van der Waals surface area (Å²) in [5, 5.41) is 14.5. The van der Waals surface area contributed by atoms with Gasteiger partial charge in [0.05, 0.1) is 6.07 Å². The van der Waals surface area contributed by atoms with Gasteiger partial charge in [0.15, 0.2) is 0 Å². The molecule has 1 saturated heterocycles. The van der Waals surface area contributed by atoms with Crippen LogP contribution in [0.1, 0.15) is 38.2 Å². The molecule has 8 nitrogen and oxygen atoms in total. The van der Waals surface area contributed by atoms with Gasteiger partial charge in [0, 0.05) is 20.0 Å². The molecule has 0 bridgehead atoms. The molecule has 1 fully saturated rings. The van der Waals surface area contributed by atoms with Crippen LogP contribution in [0.5, 0.6) is 0 Å². The number of nitrogens with one attached hydrogen (secondary N) is 2. The molecule has 2 rings (SSSR count). The van der Waals surface area contributed by atoms with Gasteiger partial charge < -0.3 is 20.3 Å². The third kappa shape index (κ3) is 6.58. The summed E-state index contributed by atoms with van der Waals surface area (Å²) in [4.78, 5) is 37.4. The van der Waals surface area contributed by atoms with Crippen LogP contribution in [-0.2, 0) is 20.9 Å². The first-order valence-corrected chi connectivity index (χ1v) is 9.43. The Balaban J connectivity index is 1.75. The second-order valence-corrected chi connectivity index (χ2v) is 6.70. The lowest BCUT2D eigenvalue weighted by Gasteiger charge is -2.26. The van der Waals surface area contributed by atoms with Crippen LogP contribution < -0.4 is 10.6 Å². The Labute approximate surface area is 164 Å². The molecule has 0 spiro atoms. The van der Waals surface area contributed by atoms with Gasteiger partial charge in [-0.1, -0.05) is 30.3 Å². The minimum absolute atomic E-state index is 0.185. The van der Waals surface area contributed by atoms with Crippen LogP contribution in [0.4, 0.5) is 4.79 Å². The topological polar surface area (TPSA) is 112 Å². The first-order chi connectivity index (χ1) is 13.5. The standard InChI is InChI=1S/C20H26N4O4/c1-15(25)23-18(19(26)24-12-6-9-17(24)13-21)10-5-11-22-20(27)28-14-16-7-3-2-4-8-16/h2-4,7-8,17-18H,5-6,9-12,14H2,1H3,(H,22,27)(H,23,25). The number of carbonyl (C=O) groups excluding carboxylic acids is 3. The zero-order chi connectivity index (χ0) is 20.4. The molecule has 3 amide bonds. The molecular weight excluding hydrogens is 360 g/mol. The number of likely N-dealkylation sites (tertiary alicyclic amines) is 1. The first kappa shape index (κ1) is 21.2. The Hall–Kier alpha value is -3.08. The Bertz CT molecular complexity index is 717. The largest absolute Gasteiger partial charge is 0.445 e.